The van der Waals surface area contributed by atoms with Crippen LogP contribution in [0.15, 0.2) is 72.9 Å². The third-order valence-electron chi connectivity index (χ3n) is 4.68. The lowest BCUT2D eigenvalue weighted by molar-refractivity contribution is -0.141. The largest absolute Gasteiger partial charge is 0.433 e. The second-order valence-electron chi connectivity index (χ2n) is 6.80. The summed E-state index contributed by atoms with van der Waals surface area (Å²) >= 11 is 0. The molecular formula is C23H16F3N3O. The van der Waals surface area contributed by atoms with Gasteiger partial charge in [-0.3, -0.25) is 4.79 Å². The quantitative estimate of drug-likeness (QED) is 0.462. The molecule has 4 aromatic rings. The number of amides is 1. The maximum Gasteiger partial charge on any atom is 0.433 e. The van der Waals surface area contributed by atoms with Gasteiger partial charge >= 0.3 is 6.18 Å². The van der Waals surface area contributed by atoms with Gasteiger partial charge in [-0.25, -0.2) is 9.97 Å². The van der Waals surface area contributed by atoms with Gasteiger partial charge in [-0.05, 0) is 48.9 Å². The van der Waals surface area contributed by atoms with Crippen molar-refractivity contribution in [2.24, 2.45) is 0 Å². The Bertz CT molecular complexity index is 1230. The maximum absolute atomic E-state index is 12.6. The van der Waals surface area contributed by atoms with Gasteiger partial charge in [0.15, 0.2) is 0 Å². The molecule has 2 aromatic carbocycles. The van der Waals surface area contributed by atoms with Crippen molar-refractivity contribution >= 4 is 22.5 Å². The molecule has 2 aromatic heterocycles. The van der Waals surface area contributed by atoms with Crippen LogP contribution in [-0.2, 0) is 6.18 Å². The Kier molecular flexibility index (Phi) is 4.95. The van der Waals surface area contributed by atoms with Crippen molar-refractivity contribution in [3.05, 3.63) is 89.7 Å². The molecule has 0 radical (unpaired) electrons. The minimum atomic E-state index is -4.52. The molecule has 0 aliphatic rings. The highest BCUT2D eigenvalue weighted by molar-refractivity contribution is 6.06. The fraction of sp³-hybridized carbons (Fsp3) is 0.0870. The van der Waals surface area contributed by atoms with Crippen LogP contribution in [0.1, 0.15) is 21.6 Å². The number of carbonyl (C=O) groups excluding carboxylic acids is 1. The zero-order valence-electron chi connectivity index (χ0n) is 15.9. The zero-order chi connectivity index (χ0) is 21.3. The van der Waals surface area contributed by atoms with Crippen LogP contribution in [0, 0.1) is 6.92 Å². The van der Waals surface area contributed by atoms with Crippen LogP contribution in [-0.4, -0.2) is 15.9 Å². The van der Waals surface area contributed by atoms with Gasteiger partial charge in [0.25, 0.3) is 5.91 Å². The van der Waals surface area contributed by atoms with Crippen LogP contribution < -0.4 is 5.32 Å². The number of benzene rings is 2. The summed E-state index contributed by atoms with van der Waals surface area (Å²) in [5, 5.41) is 3.34. The third kappa shape index (κ3) is 4.00. The van der Waals surface area contributed by atoms with Gasteiger partial charge in [0, 0.05) is 16.5 Å². The van der Waals surface area contributed by atoms with Crippen LogP contribution >= 0.6 is 0 Å². The molecule has 0 spiro atoms. The molecule has 150 valence electrons. The summed E-state index contributed by atoms with van der Waals surface area (Å²) in [6, 6.07) is 18.8. The zero-order valence-corrected chi connectivity index (χ0v) is 15.9. The molecular weight excluding hydrogens is 391 g/mol. The number of halogens is 3. The van der Waals surface area contributed by atoms with Crippen molar-refractivity contribution in [2.75, 3.05) is 5.32 Å². The van der Waals surface area contributed by atoms with Crippen molar-refractivity contribution in [2.45, 2.75) is 13.1 Å². The summed E-state index contributed by atoms with van der Waals surface area (Å²) in [6.45, 7) is 2.02. The molecule has 1 amide bonds. The predicted octanol–water partition coefficient (Wildman–Crippen LogP) is 5.88. The molecule has 4 nitrogen and oxygen atoms in total. The average molecular weight is 407 g/mol. The highest BCUT2D eigenvalue weighted by Gasteiger charge is 2.32. The molecule has 0 saturated heterocycles. The second-order valence-corrected chi connectivity index (χ2v) is 6.80. The fourth-order valence-electron chi connectivity index (χ4n) is 3.12. The monoisotopic (exact) mass is 407 g/mol. The summed E-state index contributed by atoms with van der Waals surface area (Å²) in [5.74, 6) is -0.443. The standard InChI is InChI=1S/C23H16F3N3O/c1-14-4-2-3-5-18(14)20-10-6-15-12-16(7-9-19(15)29-20)22(30)28-17-8-11-21(27-13-17)23(24,25)26/h2-13H,1H3,(H,28,30). The Morgan fingerprint density at radius 2 is 1.77 bits per heavy atom. The Balaban J connectivity index is 1.57. The van der Waals surface area contributed by atoms with E-state index in [1.807, 2.05) is 43.3 Å². The highest BCUT2D eigenvalue weighted by atomic mass is 19.4. The molecule has 0 saturated carbocycles. The van der Waals surface area contributed by atoms with Crippen LogP contribution in [0.5, 0.6) is 0 Å². The van der Waals surface area contributed by atoms with Crippen molar-refractivity contribution < 1.29 is 18.0 Å². The van der Waals surface area contributed by atoms with Gasteiger partial charge in [-0.15, -0.1) is 0 Å². The number of carbonyl (C=O) groups is 1. The predicted molar refractivity (Wildman–Crippen MR) is 109 cm³/mol. The number of hydrogen-bond acceptors (Lipinski definition) is 3. The number of hydrogen-bond donors (Lipinski definition) is 1. The number of aryl methyl sites for hydroxylation is 1. The first-order chi connectivity index (χ1) is 14.3. The number of nitrogens with one attached hydrogen (secondary N) is 1. The van der Waals surface area contributed by atoms with Crippen LogP contribution in [0.25, 0.3) is 22.2 Å². The molecule has 0 fully saturated rings. The molecule has 0 unspecified atom stereocenters. The Hall–Kier alpha value is -3.74. The number of alkyl halides is 3. The minimum Gasteiger partial charge on any atom is -0.321 e. The number of rotatable bonds is 3. The van der Waals surface area contributed by atoms with E-state index in [-0.39, 0.29) is 5.69 Å². The van der Waals surface area contributed by atoms with E-state index >= 15 is 0 Å². The van der Waals surface area contributed by atoms with Crippen molar-refractivity contribution in [1.82, 2.24) is 9.97 Å². The Morgan fingerprint density at radius 1 is 0.967 bits per heavy atom. The minimum absolute atomic E-state index is 0.182. The van der Waals surface area contributed by atoms with E-state index in [9.17, 15) is 18.0 Å². The third-order valence-corrected chi connectivity index (χ3v) is 4.68. The molecule has 0 aliphatic heterocycles. The van der Waals surface area contributed by atoms with Gasteiger partial charge in [-0.1, -0.05) is 30.3 Å². The topological polar surface area (TPSA) is 54.9 Å². The van der Waals surface area contributed by atoms with Gasteiger partial charge in [0.1, 0.15) is 5.69 Å². The SMILES string of the molecule is Cc1ccccc1-c1ccc2cc(C(=O)Nc3ccc(C(F)(F)F)nc3)ccc2n1. The summed E-state index contributed by atoms with van der Waals surface area (Å²) in [7, 11) is 0. The lowest BCUT2D eigenvalue weighted by Crippen LogP contribution is -2.13. The summed E-state index contributed by atoms with van der Waals surface area (Å²) in [4.78, 5) is 20.5. The van der Waals surface area contributed by atoms with E-state index in [1.165, 1.54) is 6.07 Å². The second kappa shape index (κ2) is 7.59. The normalized spacial score (nSPS) is 11.5. The van der Waals surface area contributed by atoms with Gasteiger partial charge in [0.05, 0.1) is 23.1 Å². The molecule has 4 rings (SSSR count). The van der Waals surface area contributed by atoms with E-state index in [2.05, 4.69) is 15.3 Å². The van der Waals surface area contributed by atoms with E-state index in [1.54, 1.807) is 18.2 Å². The lowest BCUT2D eigenvalue weighted by atomic mass is 10.0. The van der Waals surface area contributed by atoms with Crippen LogP contribution in [0.2, 0.25) is 0 Å². The smallest absolute Gasteiger partial charge is 0.321 e. The van der Waals surface area contributed by atoms with Gasteiger partial charge < -0.3 is 5.32 Å². The highest BCUT2D eigenvalue weighted by Crippen LogP contribution is 2.28. The van der Waals surface area contributed by atoms with E-state index in [0.29, 0.717) is 5.56 Å². The van der Waals surface area contributed by atoms with Gasteiger partial charge in [-0.2, -0.15) is 13.2 Å². The molecule has 1 N–H and O–H groups in total. The first-order valence-electron chi connectivity index (χ1n) is 9.13. The van der Waals surface area contributed by atoms with E-state index in [4.69, 9.17) is 0 Å². The first-order valence-corrected chi connectivity index (χ1v) is 9.13. The molecule has 0 atom stereocenters. The number of aromatic nitrogens is 2. The summed E-state index contributed by atoms with van der Waals surface area (Å²) < 4.78 is 37.8. The number of fused-ring (bicyclic) bond motifs is 1. The van der Waals surface area contributed by atoms with Crippen LogP contribution in [0.3, 0.4) is 0 Å². The average Bonchev–Trinajstić information content (AvgIpc) is 2.73. The molecule has 0 bridgehead atoms. The van der Waals surface area contributed by atoms with Gasteiger partial charge in [0.2, 0.25) is 0 Å². The lowest BCUT2D eigenvalue weighted by Gasteiger charge is -2.09. The number of anilines is 1. The molecule has 30 heavy (non-hydrogen) atoms. The number of nitrogens with zero attached hydrogens (tertiary/aromatic N) is 2. The molecule has 2 heterocycles. The van der Waals surface area contributed by atoms with E-state index in [0.717, 1.165) is 40.0 Å². The Labute approximate surface area is 170 Å². The van der Waals surface area contributed by atoms with Crippen molar-refractivity contribution in [3.63, 3.8) is 0 Å². The fourth-order valence-corrected chi connectivity index (χ4v) is 3.12. The first kappa shape index (κ1) is 19.6. The molecule has 7 heteroatoms. The summed E-state index contributed by atoms with van der Waals surface area (Å²) in [5.41, 5.74) is 3.27. The van der Waals surface area contributed by atoms with Crippen LogP contribution in [0.4, 0.5) is 18.9 Å². The van der Waals surface area contributed by atoms with Crippen molar-refractivity contribution in [3.8, 4) is 11.3 Å². The molecule has 0 aliphatic carbocycles. The Morgan fingerprint density at radius 3 is 2.47 bits per heavy atom. The van der Waals surface area contributed by atoms with E-state index < -0.39 is 17.8 Å². The number of pyridine rings is 2. The van der Waals surface area contributed by atoms with Crippen molar-refractivity contribution in [1.29, 1.82) is 0 Å². The maximum atomic E-state index is 12.6. The summed E-state index contributed by atoms with van der Waals surface area (Å²) in [6.07, 6.45) is -3.54.